The lowest BCUT2D eigenvalue weighted by Crippen LogP contribution is -2.13. The summed E-state index contributed by atoms with van der Waals surface area (Å²) in [5.41, 5.74) is 4.99. The fourth-order valence-electron chi connectivity index (χ4n) is 2.84. The number of hydrogen-bond acceptors (Lipinski definition) is 4. The molecular formula is C21H22N2O2S. The Labute approximate surface area is 154 Å². The van der Waals surface area contributed by atoms with Crippen molar-refractivity contribution in [2.24, 2.45) is 0 Å². The summed E-state index contributed by atoms with van der Waals surface area (Å²) in [7, 11) is -3.27. The van der Waals surface area contributed by atoms with E-state index in [1.165, 1.54) is 11.8 Å². The van der Waals surface area contributed by atoms with Crippen molar-refractivity contribution in [3.8, 4) is 0 Å². The zero-order valence-electron chi connectivity index (χ0n) is 15.1. The molecule has 0 aliphatic rings. The van der Waals surface area contributed by atoms with E-state index in [1.54, 1.807) is 24.4 Å². The maximum atomic E-state index is 12.0. The lowest BCUT2D eigenvalue weighted by atomic mass is 9.97. The molecule has 0 spiro atoms. The number of nitrogens with zero attached hydrogens (tertiary/aromatic N) is 1. The molecule has 0 saturated heterocycles. The van der Waals surface area contributed by atoms with Gasteiger partial charge in [0.05, 0.1) is 10.9 Å². The van der Waals surface area contributed by atoms with Gasteiger partial charge in [0.2, 0.25) is 0 Å². The zero-order chi connectivity index (χ0) is 18.7. The quantitative estimate of drug-likeness (QED) is 0.731. The summed E-state index contributed by atoms with van der Waals surface area (Å²) in [6.07, 6.45) is 2.99. The van der Waals surface area contributed by atoms with Crippen LogP contribution in [0.5, 0.6) is 0 Å². The Balaban J connectivity index is 2.07. The summed E-state index contributed by atoms with van der Waals surface area (Å²) < 4.78 is 23.9. The van der Waals surface area contributed by atoms with Crippen LogP contribution in [0.2, 0.25) is 0 Å². The van der Waals surface area contributed by atoms with Gasteiger partial charge in [0.15, 0.2) is 9.84 Å². The number of nitrogens with one attached hydrogen (secondary N) is 1. The number of hydrogen-bond donors (Lipinski definition) is 1. The highest BCUT2D eigenvalue weighted by atomic mass is 32.2. The second kappa shape index (κ2) is 7.30. The smallest absolute Gasteiger partial charge is 0.175 e. The molecule has 0 aliphatic carbocycles. The van der Waals surface area contributed by atoms with Gasteiger partial charge in [-0.2, -0.15) is 0 Å². The van der Waals surface area contributed by atoms with E-state index in [9.17, 15) is 8.42 Å². The van der Waals surface area contributed by atoms with Crippen molar-refractivity contribution < 1.29 is 8.42 Å². The standard InChI is InChI=1S/C21H22N2O2S/c1-15-7-9-17(10-8-15)21(23-19-11-12-22-16(2)13-19)18-5-4-6-20(14-18)26(3,24)25/h4-14,21H,1-3H3,(H,22,23). The molecule has 0 amide bonds. The van der Waals surface area contributed by atoms with Gasteiger partial charge >= 0.3 is 0 Å². The van der Waals surface area contributed by atoms with Crippen LogP contribution in [0.25, 0.3) is 0 Å². The summed E-state index contributed by atoms with van der Waals surface area (Å²) in [6.45, 7) is 3.99. The third kappa shape index (κ3) is 4.29. The molecule has 0 fully saturated rings. The predicted molar refractivity (Wildman–Crippen MR) is 105 cm³/mol. The van der Waals surface area contributed by atoms with Crippen molar-refractivity contribution in [1.29, 1.82) is 0 Å². The number of pyridine rings is 1. The predicted octanol–water partition coefficient (Wildman–Crippen LogP) is 4.30. The molecule has 1 heterocycles. The molecule has 1 aromatic heterocycles. The Hall–Kier alpha value is -2.66. The van der Waals surface area contributed by atoms with E-state index >= 15 is 0 Å². The van der Waals surface area contributed by atoms with Crippen molar-refractivity contribution in [2.75, 3.05) is 11.6 Å². The van der Waals surface area contributed by atoms with E-state index < -0.39 is 9.84 Å². The average molecular weight is 366 g/mol. The molecule has 26 heavy (non-hydrogen) atoms. The molecule has 2 aromatic carbocycles. The molecule has 3 rings (SSSR count). The first-order valence-corrected chi connectivity index (χ1v) is 10.3. The van der Waals surface area contributed by atoms with Crippen LogP contribution in [0.15, 0.2) is 71.8 Å². The molecule has 0 radical (unpaired) electrons. The van der Waals surface area contributed by atoms with Gasteiger partial charge in [0.1, 0.15) is 0 Å². The lowest BCUT2D eigenvalue weighted by Gasteiger charge is -2.22. The molecular weight excluding hydrogens is 344 g/mol. The second-order valence-corrected chi connectivity index (χ2v) is 8.53. The van der Waals surface area contributed by atoms with Gasteiger partial charge in [-0.15, -0.1) is 0 Å². The Kier molecular flexibility index (Phi) is 5.09. The number of anilines is 1. The molecule has 0 aliphatic heterocycles. The van der Waals surface area contributed by atoms with Crippen molar-refractivity contribution in [3.63, 3.8) is 0 Å². The van der Waals surface area contributed by atoms with Crippen molar-refractivity contribution in [2.45, 2.75) is 24.8 Å². The second-order valence-electron chi connectivity index (χ2n) is 6.52. The van der Waals surface area contributed by atoms with Crippen molar-refractivity contribution in [1.82, 2.24) is 4.98 Å². The zero-order valence-corrected chi connectivity index (χ0v) is 15.9. The van der Waals surface area contributed by atoms with Gasteiger partial charge in [-0.3, -0.25) is 4.98 Å². The van der Waals surface area contributed by atoms with Crippen LogP contribution in [0, 0.1) is 13.8 Å². The number of sulfone groups is 1. The van der Waals surface area contributed by atoms with Crippen molar-refractivity contribution >= 4 is 15.5 Å². The van der Waals surface area contributed by atoms with Crippen LogP contribution >= 0.6 is 0 Å². The molecule has 5 heteroatoms. The maximum Gasteiger partial charge on any atom is 0.175 e. The monoisotopic (exact) mass is 366 g/mol. The molecule has 4 nitrogen and oxygen atoms in total. The fourth-order valence-corrected chi connectivity index (χ4v) is 3.52. The largest absolute Gasteiger partial charge is 0.374 e. The van der Waals surface area contributed by atoms with Crippen LogP contribution in [-0.4, -0.2) is 19.7 Å². The number of rotatable bonds is 5. The fraction of sp³-hybridized carbons (Fsp3) is 0.190. The molecule has 1 atom stereocenters. The Morgan fingerprint density at radius 2 is 1.65 bits per heavy atom. The molecule has 3 aromatic rings. The molecule has 134 valence electrons. The minimum absolute atomic E-state index is 0.168. The van der Waals surface area contributed by atoms with Gasteiger partial charge in [-0.1, -0.05) is 42.0 Å². The normalized spacial score (nSPS) is 12.6. The molecule has 0 bridgehead atoms. The highest BCUT2D eigenvalue weighted by Crippen LogP contribution is 2.28. The van der Waals surface area contributed by atoms with E-state index in [4.69, 9.17) is 0 Å². The summed E-state index contributed by atoms with van der Waals surface area (Å²) >= 11 is 0. The van der Waals surface area contributed by atoms with E-state index in [2.05, 4.69) is 34.6 Å². The highest BCUT2D eigenvalue weighted by molar-refractivity contribution is 7.90. The van der Waals surface area contributed by atoms with Crippen LogP contribution in [-0.2, 0) is 9.84 Å². The maximum absolute atomic E-state index is 12.0. The lowest BCUT2D eigenvalue weighted by molar-refractivity contribution is 0.601. The van der Waals surface area contributed by atoms with E-state index in [0.717, 1.165) is 22.5 Å². The van der Waals surface area contributed by atoms with Crippen LogP contribution in [0.1, 0.15) is 28.4 Å². The highest BCUT2D eigenvalue weighted by Gasteiger charge is 2.17. The van der Waals surface area contributed by atoms with Gasteiger partial charge < -0.3 is 5.32 Å². The SMILES string of the molecule is Cc1ccc(C(Nc2ccnc(C)c2)c2cccc(S(C)(=O)=O)c2)cc1. The van der Waals surface area contributed by atoms with Crippen LogP contribution in [0.4, 0.5) is 5.69 Å². The Morgan fingerprint density at radius 1 is 0.923 bits per heavy atom. The first kappa shape index (κ1) is 18.1. The average Bonchev–Trinajstić information content (AvgIpc) is 2.60. The van der Waals surface area contributed by atoms with Crippen LogP contribution in [0.3, 0.4) is 0 Å². The number of aromatic nitrogens is 1. The topological polar surface area (TPSA) is 59.1 Å². The third-order valence-corrected chi connectivity index (χ3v) is 5.35. The van der Waals surface area contributed by atoms with Crippen LogP contribution < -0.4 is 5.32 Å². The summed E-state index contributed by atoms with van der Waals surface area (Å²) in [6, 6.07) is 19.1. The molecule has 1 N–H and O–H groups in total. The summed E-state index contributed by atoms with van der Waals surface area (Å²) in [4.78, 5) is 4.55. The Morgan fingerprint density at radius 3 is 2.31 bits per heavy atom. The van der Waals surface area contributed by atoms with Gasteiger partial charge in [-0.05, 0) is 49.2 Å². The Bertz CT molecular complexity index is 1010. The minimum Gasteiger partial charge on any atom is -0.374 e. The molecule has 1 unspecified atom stereocenters. The van der Waals surface area contributed by atoms with Gasteiger partial charge in [-0.25, -0.2) is 8.42 Å². The first-order chi connectivity index (χ1) is 12.3. The third-order valence-electron chi connectivity index (χ3n) is 4.24. The first-order valence-electron chi connectivity index (χ1n) is 8.39. The number of aryl methyl sites for hydroxylation is 2. The van der Waals surface area contributed by atoms with Gasteiger partial charge in [0.25, 0.3) is 0 Å². The van der Waals surface area contributed by atoms with Crippen molar-refractivity contribution in [3.05, 3.63) is 89.2 Å². The summed E-state index contributed by atoms with van der Waals surface area (Å²) in [5.74, 6) is 0. The minimum atomic E-state index is -3.27. The van der Waals surface area contributed by atoms with E-state index in [1.807, 2.05) is 32.0 Å². The summed E-state index contributed by atoms with van der Waals surface area (Å²) in [5, 5.41) is 3.52. The van der Waals surface area contributed by atoms with E-state index in [-0.39, 0.29) is 6.04 Å². The molecule has 0 saturated carbocycles. The van der Waals surface area contributed by atoms with Gasteiger partial charge in [0, 0.05) is 23.8 Å². The van der Waals surface area contributed by atoms with E-state index in [0.29, 0.717) is 4.90 Å². The number of benzene rings is 2.